The number of amides is 1. The molecule has 0 aromatic heterocycles. The molecule has 0 saturated carbocycles. The normalized spacial score (nSPS) is 18.1. The van der Waals surface area contributed by atoms with Crippen LogP contribution in [-0.4, -0.2) is 49.7 Å². The van der Waals surface area contributed by atoms with Gasteiger partial charge in [0.25, 0.3) is 5.91 Å². The van der Waals surface area contributed by atoms with Gasteiger partial charge in [-0.1, -0.05) is 41.6 Å². The second-order valence-electron chi connectivity index (χ2n) is 11.1. The zero-order valence-corrected chi connectivity index (χ0v) is 24.0. The van der Waals surface area contributed by atoms with Crippen molar-refractivity contribution in [2.45, 2.75) is 45.3 Å². The van der Waals surface area contributed by atoms with Gasteiger partial charge in [-0.3, -0.25) is 4.79 Å². The number of hydrogen-bond donors (Lipinski definition) is 0. The third-order valence-corrected chi connectivity index (χ3v) is 8.56. The van der Waals surface area contributed by atoms with E-state index in [1.165, 1.54) is 5.56 Å². The van der Waals surface area contributed by atoms with Crippen LogP contribution >= 0.6 is 0 Å². The number of nitrogens with zero attached hydrogens (tertiary/aromatic N) is 3. The number of carbonyl (C=O) groups is 2. The Balaban J connectivity index is 1.44. The first-order valence-corrected chi connectivity index (χ1v) is 14.5. The van der Waals surface area contributed by atoms with Crippen LogP contribution in [0.5, 0.6) is 0 Å². The zero-order chi connectivity index (χ0) is 29.1. The van der Waals surface area contributed by atoms with Crippen LogP contribution in [0.2, 0.25) is 0 Å². The maximum atomic E-state index is 13.5. The summed E-state index contributed by atoms with van der Waals surface area (Å²) in [5.41, 5.74) is 12.8. The average molecular weight is 562 g/mol. The maximum absolute atomic E-state index is 13.5. The van der Waals surface area contributed by atoms with Gasteiger partial charge in [-0.15, -0.1) is 5.73 Å². The number of benzene rings is 3. The average Bonchev–Trinajstić information content (AvgIpc) is 3.22. The Morgan fingerprint density at radius 1 is 1.10 bits per heavy atom. The molecule has 6 aliphatic rings. The Bertz CT molecular complexity index is 1590. The minimum absolute atomic E-state index is 0.0204. The van der Waals surface area contributed by atoms with Gasteiger partial charge in [-0.25, -0.2) is 4.79 Å². The Kier molecular flexibility index (Phi) is 8.04. The first-order chi connectivity index (χ1) is 20.5. The van der Waals surface area contributed by atoms with Crippen LogP contribution < -0.4 is 4.90 Å². The molecule has 0 N–H and O–H groups in total. The van der Waals surface area contributed by atoms with Gasteiger partial charge in [0.2, 0.25) is 0 Å². The van der Waals surface area contributed by atoms with Crippen LogP contribution in [0.15, 0.2) is 71.6 Å². The van der Waals surface area contributed by atoms with Crippen LogP contribution in [-0.2, 0) is 33.9 Å². The molecule has 6 heterocycles. The number of carbonyl (C=O) groups excluding carboxylic acids is 2. The van der Waals surface area contributed by atoms with Gasteiger partial charge in [-0.05, 0) is 83.5 Å². The quantitative estimate of drug-likeness (QED) is 0.175. The summed E-state index contributed by atoms with van der Waals surface area (Å²) in [6.07, 6.45) is 5.87. The summed E-state index contributed by atoms with van der Waals surface area (Å²) in [5.74, 6) is -0.679. The predicted molar refractivity (Wildman–Crippen MR) is 164 cm³/mol. The second kappa shape index (κ2) is 12.2. The Morgan fingerprint density at radius 2 is 1.95 bits per heavy atom. The fraction of sp³-hybridized carbons (Fsp3) is 0.314. The van der Waals surface area contributed by atoms with Gasteiger partial charge in [0.05, 0.1) is 13.0 Å². The summed E-state index contributed by atoms with van der Waals surface area (Å²) in [4.78, 5) is 35.5. The number of ether oxygens (including phenoxy) is 1. The van der Waals surface area contributed by atoms with Crippen molar-refractivity contribution >= 4 is 30.4 Å². The fourth-order valence-electron chi connectivity index (χ4n) is 6.31. The van der Waals surface area contributed by atoms with Crippen LogP contribution in [0.1, 0.15) is 68.1 Å². The van der Waals surface area contributed by atoms with Gasteiger partial charge >= 0.3 is 5.97 Å². The van der Waals surface area contributed by atoms with Crippen LogP contribution in [0, 0.1) is 6.92 Å². The molecule has 42 heavy (non-hydrogen) atoms. The third-order valence-electron chi connectivity index (χ3n) is 8.56. The summed E-state index contributed by atoms with van der Waals surface area (Å²) in [6.45, 7) is 9.37. The largest absolute Gasteiger partial charge is 0.377 e. The van der Waals surface area contributed by atoms with E-state index in [4.69, 9.17) is 9.57 Å². The lowest BCUT2D eigenvalue weighted by Crippen LogP contribution is -2.36. The highest BCUT2D eigenvalue weighted by Gasteiger charge is 2.27. The Morgan fingerprint density at radius 3 is 2.79 bits per heavy atom. The number of hydrogen-bond acceptors (Lipinski definition) is 6. The lowest BCUT2D eigenvalue weighted by atomic mass is 9.82. The molecule has 3 aromatic rings. The highest BCUT2D eigenvalue weighted by molar-refractivity contribution is 5.94. The van der Waals surface area contributed by atoms with Gasteiger partial charge in [0.1, 0.15) is 0 Å². The predicted octanol–water partition coefficient (Wildman–Crippen LogP) is 5.78. The SMILES string of the molecule is C=NOC(=O)CC1c2ccc3c(c2)CN(CC3)C(=O)c2ccc(cc2)COCCCN2CC=C=Cc3c2ccc1c3C. The zero-order valence-electron chi connectivity index (χ0n) is 24.0. The van der Waals surface area contributed by atoms with Gasteiger partial charge < -0.3 is 19.4 Å². The number of anilines is 1. The van der Waals surface area contributed by atoms with E-state index in [1.54, 1.807) is 0 Å². The van der Waals surface area contributed by atoms with Crippen LogP contribution in [0.25, 0.3) is 6.08 Å². The van der Waals surface area contributed by atoms with Crippen molar-refractivity contribution in [3.05, 3.63) is 111 Å². The topological polar surface area (TPSA) is 71.4 Å². The van der Waals surface area contributed by atoms with Crippen LogP contribution in [0.4, 0.5) is 5.69 Å². The molecular weight excluding hydrogens is 526 g/mol. The molecule has 7 heteroatoms. The van der Waals surface area contributed by atoms with Gasteiger partial charge in [0, 0.05) is 62.2 Å². The lowest BCUT2D eigenvalue weighted by Gasteiger charge is -2.31. The van der Waals surface area contributed by atoms with Crippen molar-refractivity contribution in [1.82, 2.24) is 4.90 Å². The van der Waals surface area contributed by atoms with Crippen molar-refractivity contribution in [2.75, 3.05) is 31.1 Å². The molecule has 9 bridgehead atoms. The van der Waals surface area contributed by atoms with E-state index in [0.717, 1.165) is 65.0 Å². The fourth-order valence-corrected chi connectivity index (χ4v) is 6.31. The highest BCUT2D eigenvalue weighted by atomic mass is 16.7. The maximum Gasteiger partial charge on any atom is 0.335 e. The van der Waals surface area contributed by atoms with Crippen molar-refractivity contribution in [1.29, 1.82) is 0 Å². The van der Waals surface area contributed by atoms with Crippen molar-refractivity contribution in [2.24, 2.45) is 5.16 Å². The molecule has 0 aliphatic carbocycles. The number of oxime groups is 1. The van der Waals surface area contributed by atoms with Crippen LogP contribution in [0.3, 0.4) is 0 Å². The van der Waals surface area contributed by atoms with E-state index < -0.39 is 5.97 Å². The smallest absolute Gasteiger partial charge is 0.335 e. The molecule has 0 radical (unpaired) electrons. The monoisotopic (exact) mass is 561 g/mol. The van der Waals surface area contributed by atoms with E-state index in [9.17, 15) is 9.59 Å². The molecule has 0 fully saturated rings. The summed E-state index contributed by atoms with van der Waals surface area (Å²) in [7, 11) is 0. The summed E-state index contributed by atoms with van der Waals surface area (Å²) < 4.78 is 6.00. The standard InChI is InChI=1S/C35H35N3O4/c1-24-30-13-14-33-31(24)6-3-4-16-37(33)17-5-19-41-23-25-7-9-27(10-8-25)35(40)38-18-15-26-11-12-28(20-29(26)22-38)32(30)21-34(39)42-36-2/h4,6-14,20,32H,2,5,15-19,21-23H2,1H3. The molecule has 6 aliphatic heterocycles. The summed E-state index contributed by atoms with van der Waals surface area (Å²) in [5, 5.41) is 3.38. The molecule has 3 aromatic carbocycles. The summed E-state index contributed by atoms with van der Waals surface area (Å²) >= 11 is 0. The van der Waals surface area contributed by atoms with E-state index in [0.29, 0.717) is 31.9 Å². The minimum Gasteiger partial charge on any atom is -0.377 e. The van der Waals surface area contributed by atoms with Crippen molar-refractivity contribution < 1.29 is 19.2 Å². The molecule has 9 rings (SSSR count). The molecule has 0 saturated heterocycles. The molecule has 1 atom stereocenters. The van der Waals surface area contributed by atoms with Gasteiger partial charge in [0.15, 0.2) is 0 Å². The molecule has 214 valence electrons. The number of rotatable bonds is 3. The molecule has 1 amide bonds. The Labute approximate surface area is 246 Å². The highest BCUT2D eigenvalue weighted by Crippen LogP contribution is 2.38. The first kappa shape index (κ1) is 27.7. The minimum atomic E-state index is -0.440. The first-order valence-electron chi connectivity index (χ1n) is 14.5. The molecule has 1 unspecified atom stereocenters. The molecular formula is C35H35N3O4. The van der Waals surface area contributed by atoms with Crippen molar-refractivity contribution in [3.8, 4) is 0 Å². The van der Waals surface area contributed by atoms with E-state index in [-0.39, 0.29) is 18.2 Å². The van der Waals surface area contributed by atoms with Crippen molar-refractivity contribution in [3.63, 3.8) is 0 Å². The summed E-state index contributed by atoms with van der Waals surface area (Å²) in [6, 6.07) is 18.5. The molecule has 7 nitrogen and oxygen atoms in total. The van der Waals surface area contributed by atoms with E-state index >= 15 is 0 Å². The lowest BCUT2D eigenvalue weighted by molar-refractivity contribution is -0.143. The Hall–Kier alpha value is -4.45. The second-order valence-corrected chi connectivity index (χ2v) is 11.1. The van der Waals surface area contributed by atoms with E-state index in [2.05, 4.69) is 65.8 Å². The van der Waals surface area contributed by atoms with E-state index in [1.807, 2.05) is 35.2 Å². The van der Waals surface area contributed by atoms with Gasteiger partial charge in [-0.2, -0.15) is 0 Å². The molecule has 0 spiro atoms. The third kappa shape index (κ3) is 5.67.